The Balaban J connectivity index is 2.68. The molecule has 0 aromatic heterocycles. The standard InChI is InChI=1S/C15H24ClNO/c1-4-15(12-5-7-13(16)8-6-12)17-14(10-18)9-11(2)3/h5-8,11,14-15,17-18H,4,9-10H2,1-3H3. The number of nitrogens with one attached hydrogen (secondary N) is 1. The average molecular weight is 270 g/mol. The SMILES string of the molecule is CCC(NC(CO)CC(C)C)c1ccc(Cl)cc1. The maximum atomic E-state index is 9.43. The van der Waals surface area contributed by atoms with Crippen molar-refractivity contribution in [3.05, 3.63) is 34.9 Å². The number of benzene rings is 1. The van der Waals surface area contributed by atoms with Gasteiger partial charge in [0.1, 0.15) is 0 Å². The number of hydrogen-bond donors (Lipinski definition) is 2. The van der Waals surface area contributed by atoms with Crippen molar-refractivity contribution in [3.8, 4) is 0 Å². The van der Waals surface area contributed by atoms with Crippen LogP contribution >= 0.6 is 11.6 Å². The summed E-state index contributed by atoms with van der Waals surface area (Å²) in [4.78, 5) is 0. The van der Waals surface area contributed by atoms with Crippen LogP contribution < -0.4 is 5.32 Å². The minimum atomic E-state index is 0.158. The van der Waals surface area contributed by atoms with E-state index < -0.39 is 0 Å². The third-order valence-corrected chi connectivity index (χ3v) is 3.35. The van der Waals surface area contributed by atoms with E-state index in [4.69, 9.17) is 11.6 Å². The van der Waals surface area contributed by atoms with Gasteiger partial charge in [-0.1, -0.05) is 44.5 Å². The van der Waals surface area contributed by atoms with Gasteiger partial charge < -0.3 is 10.4 Å². The first-order valence-electron chi connectivity index (χ1n) is 6.69. The van der Waals surface area contributed by atoms with Crippen molar-refractivity contribution < 1.29 is 5.11 Å². The molecule has 0 bridgehead atoms. The highest BCUT2D eigenvalue weighted by atomic mass is 35.5. The number of aliphatic hydroxyl groups excluding tert-OH is 1. The van der Waals surface area contributed by atoms with E-state index in [0.717, 1.165) is 17.9 Å². The van der Waals surface area contributed by atoms with Crippen LogP contribution in [0.1, 0.15) is 45.2 Å². The van der Waals surface area contributed by atoms with Crippen molar-refractivity contribution in [2.24, 2.45) is 5.92 Å². The molecular weight excluding hydrogens is 246 g/mol. The first-order valence-corrected chi connectivity index (χ1v) is 7.07. The molecule has 1 aromatic carbocycles. The van der Waals surface area contributed by atoms with E-state index >= 15 is 0 Å². The van der Waals surface area contributed by atoms with Crippen LogP contribution in [0.3, 0.4) is 0 Å². The fourth-order valence-corrected chi connectivity index (χ4v) is 2.32. The first-order chi connectivity index (χ1) is 8.56. The van der Waals surface area contributed by atoms with Crippen LogP contribution in [0.25, 0.3) is 0 Å². The van der Waals surface area contributed by atoms with Gasteiger partial charge >= 0.3 is 0 Å². The van der Waals surface area contributed by atoms with E-state index in [2.05, 4.69) is 26.1 Å². The summed E-state index contributed by atoms with van der Waals surface area (Å²) in [6.45, 7) is 6.68. The largest absolute Gasteiger partial charge is 0.395 e. The van der Waals surface area contributed by atoms with E-state index in [0.29, 0.717) is 5.92 Å². The molecule has 102 valence electrons. The third-order valence-electron chi connectivity index (χ3n) is 3.09. The highest BCUT2D eigenvalue weighted by Gasteiger charge is 2.16. The Labute approximate surface area is 115 Å². The number of halogens is 1. The van der Waals surface area contributed by atoms with Gasteiger partial charge in [-0.3, -0.25) is 0 Å². The summed E-state index contributed by atoms with van der Waals surface area (Å²) in [5, 5.41) is 13.7. The van der Waals surface area contributed by atoms with Gasteiger partial charge in [-0.15, -0.1) is 0 Å². The summed E-state index contributed by atoms with van der Waals surface area (Å²) >= 11 is 5.90. The molecule has 2 unspecified atom stereocenters. The molecule has 18 heavy (non-hydrogen) atoms. The van der Waals surface area contributed by atoms with Crippen LogP contribution in [0, 0.1) is 5.92 Å². The molecule has 3 heteroatoms. The van der Waals surface area contributed by atoms with Crippen molar-refractivity contribution in [2.75, 3.05) is 6.61 Å². The summed E-state index contributed by atoms with van der Waals surface area (Å²) in [6.07, 6.45) is 1.98. The quantitative estimate of drug-likeness (QED) is 0.789. The minimum Gasteiger partial charge on any atom is -0.395 e. The predicted octanol–water partition coefficient (Wildman–Crippen LogP) is 3.79. The van der Waals surface area contributed by atoms with Crippen molar-refractivity contribution in [1.82, 2.24) is 5.32 Å². The first kappa shape index (κ1) is 15.5. The topological polar surface area (TPSA) is 32.3 Å². The van der Waals surface area contributed by atoms with Gasteiger partial charge in [0, 0.05) is 17.1 Å². The smallest absolute Gasteiger partial charge is 0.0584 e. The van der Waals surface area contributed by atoms with Crippen LogP contribution in [0.15, 0.2) is 24.3 Å². The lowest BCUT2D eigenvalue weighted by Gasteiger charge is -2.25. The molecular formula is C15H24ClNO. The van der Waals surface area contributed by atoms with Crippen molar-refractivity contribution in [2.45, 2.75) is 45.7 Å². The lowest BCUT2D eigenvalue weighted by molar-refractivity contribution is 0.212. The highest BCUT2D eigenvalue weighted by Crippen LogP contribution is 2.20. The normalized spacial score (nSPS) is 14.8. The van der Waals surface area contributed by atoms with Crippen LogP contribution in [-0.2, 0) is 0 Å². The predicted molar refractivity (Wildman–Crippen MR) is 77.9 cm³/mol. The lowest BCUT2D eigenvalue weighted by Crippen LogP contribution is -2.36. The lowest BCUT2D eigenvalue weighted by atomic mass is 10.00. The van der Waals surface area contributed by atoms with Gasteiger partial charge in [0.2, 0.25) is 0 Å². The van der Waals surface area contributed by atoms with Crippen molar-refractivity contribution in [1.29, 1.82) is 0 Å². The Morgan fingerprint density at radius 2 is 1.83 bits per heavy atom. The molecule has 0 aliphatic rings. The summed E-state index contributed by atoms with van der Waals surface area (Å²) in [5.41, 5.74) is 1.23. The Morgan fingerprint density at radius 1 is 1.22 bits per heavy atom. The van der Waals surface area contributed by atoms with Crippen LogP contribution in [0.4, 0.5) is 0 Å². The second kappa shape index (κ2) is 7.78. The van der Waals surface area contributed by atoms with Crippen LogP contribution in [0.5, 0.6) is 0 Å². The zero-order chi connectivity index (χ0) is 13.5. The fourth-order valence-electron chi connectivity index (χ4n) is 2.19. The van der Waals surface area contributed by atoms with E-state index in [-0.39, 0.29) is 18.7 Å². The summed E-state index contributed by atoms with van der Waals surface area (Å²) in [7, 11) is 0. The molecule has 2 atom stereocenters. The Kier molecular flexibility index (Phi) is 6.69. The van der Waals surface area contributed by atoms with E-state index in [1.807, 2.05) is 24.3 Å². The highest BCUT2D eigenvalue weighted by molar-refractivity contribution is 6.30. The number of aliphatic hydroxyl groups is 1. The third kappa shape index (κ3) is 4.97. The van der Waals surface area contributed by atoms with E-state index in [1.54, 1.807) is 0 Å². The van der Waals surface area contributed by atoms with Crippen molar-refractivity contribution in [3.63, 3.8) is 0 Å². The Hall–Kier alpha value is -0.570. The van der Waals surface area contributed by atoms with E-state index in [9.17, 15) is 5.11 Å². The molecule has 0 aliphatic carbocycles. The second-order valence-electron chi connectivity index (χ2n) is 5.19. The maximum Gasteiger partial charge on any atom is 0.0584 e. The zero-order valence-corrected chi connectivity index (χ0v) is 12.2. The monoisotopic (exact) mass is 269 g/mol. The molecule has 0 spiro atoms. The molecule has 0 aliphatic heterocycles. The molecule has 2 N–H and O–H groups in total. The molecule has 0 amide bonds. The van der Waals surface area contributed by atoms with Gasteiger partial charge in [0.05, 0.1) is 6.61 Å². The van der Waals surface area contributed by atoms with Crippen LogP contribution in [0.2, 0.25) is 5.02 Å². The maximum absolute atomic E-state index is 9.43. The molecule has 0 saturated carbocycles. The Morgan fingerprint density at radius 3 is 2.28 bits per heavy atom. The molecule has 0 fully saturated rings. The summed E-state index contributed by atoms with van der Waals surface area (Å²) < 4.78 is 0. The van der Waals surface area contributed by atoms with Crippen LogP contribution in [-0.4, -0.2) is 17.8 Å². The molecule has 1 rings (SSSR count). The second-order valence-corrected chi connectivity index (χ2v) is 5.62. The summed E-state index contributed by atoms with van der Waals surface area (Å²) in [5.74, 6) is 0.581. The fraction of sp³-hybridized carbons (Fsp3) is 0.600. The van der Waals surface area contributed by atoms with Gasteiger partial charge in [-0.2, -0.15) is 0 Å². The van der Waals surface area contributed by atoms with Gasteiger partial charge in [-0.25, -0.2) is 0 Å². The molecule has 0 heterocycles. The molecule has 2 nitrogen and oxygen atoms in total. The van der Waals surface area contributed by atoms with Gasteiger partial charge in [0.15, 0.2) is 0 Å². The number of hydrogen-bond acceptors (Lipinski definition) is 2. The Bertz CT molecular complexity index is 337. The zero-order valence-electron chi connectivity index (χ0n) is 11.5. The van der Waals surface area contributed by atoms with Crippen molar-refractivity contribution >= 4 is 11.6 Å². The molecule has 1 aromatic rings. The van der Waals surface area contributed by atoms with Gasteiger partial charge in [0.25, 0.3) is 0 Å². The molecule has 0 radical (unpaired) electrons. The molecule has 0 saturated heterocycles. The number of rotatable bonds is 7. The van der Waals surface area contributed by atoms with E-state index in [1.165, 1.54) is 5.56 Å². The minimum absolute atomic E-state index is 0.158. The average Bonchev–Trinajstić information content (AvgIpc) is 2.35. The van der Waals surface area contributed by atoms with Gasteiger partial charge in [-0.05, 0) is 36.5 Å². The summed E-state index contributed by atoms with van der Waals surface area (Å²) in [6, 6.07) is 8.36.